The average Bonchev–Trinajstić information content (AvgIpc) is 2.18. The maximum Gasteiger partial charge on any atom is 0.130 e. The third kappa shape index (κ3) is 1.99. The molecule has 1 rings (SSSR count). The second-order valence-corrected chi connectivity index (χ2v) is 2.81. The first kappa shape index (κ1) is 10.4. The Morgan fingerprint density at radius 1 is 1.43 bits per heavy atom. The van der Waals surface area contributed by atoms with Gasteiger partial charge in [0.05, 0.1) is 7.11 Å². The Balaban J connectivity index is 3.24. The van der Waals surface area contributed by atoms with Crippen molar-refractivity contribution < 1.29 is 9.13 Å². The summed E-state index contributed by atoms with van der Waals surface area (Å²) in [6.45, 7) is 1.78. The highest BCUT2D eigenvalue weighted by Crippen LogP contribution is 2.24. The summed E-state index contributed by atoms with van der Waals surface area (Å²) < 4.78 is 18.4. The highest BCUT2D eigenvalue weighted by atomic mass is 19.1. The van der Waals surface area contributed by atoms with Crippen LogP contribution in [0.25, 0.3) is 6.08 Å². The van der Waals surface area contributed by atoms with Gasteiger partial charge in [-0.25, -0.2) is 4.39 Å². The molecular formula is C11H12FNO. The van der Waals surface area contributed by atoms with E-state index in [9.17, 15) is 4.39 Å². The highest BCUT2D eigenvalue weighted by molar-refractivity contribution is 5.77. The van der Waals surface area contributed by atoms with Crippen LogP contribution in [0.5, 0.6) is 5.75 Å². The fraction of sp³-hybridized carbons (Fsp3) is 0.182. The van der Waals surface area contributed by atoms with Gasteiger partial charge in [-0.05, 0) is 25.1 Å². The fourth-order valence-corrected chi connectivity index (χ4v) is 1.25. The van der Waals surface area contributed by atoms with E-state index in [0.29, 0.717) is 11.3 Å². The summed E-state index contributed by atoms with van der Waals surface area (Å²) in [5.41, 5.74) is 1.21. The summed E-state index contributed by atoms with van der Waals surface area (Å²) in [5.74, 6) is 0.345. The number of halogens is 1. The van der Waals surface area contributed by atoms with E-state index in [2.05, 4.69) is 0 Å². The minimum Gasteiger partial charge on any atom is -0.496 e. The lowest BCUT2D eigenvalue weighted by atomic mass is 10.1. The first-order valence-electron chi connectivity index (χ1n) is 4.21. The number of ether oxygens (including phenoxy) is 1. The van der Waals surface area contributed by atoms with Crippen LogP contribution in [-0.2, 0) is 0 Å². The zero-order valence-corrected chi connectivity index (χ0v) is 8.17. The van der Waals surface area contributed by atoms with Gasteiger partial charge in [0.15, 0.2) is 0 Å². The molecule has 1 aromatic carbocycles. The SMILES string of the molecule is COc1ccc(F)c(/C=C\C=N)c1C. The molecule has 0 spiro atoms. The van der Waals surface area contributed by atoms with Crippen LogP contribution in [0, 0.1) is 18.2 Å². The van der Waals surface area contributed by atoms with Crippen LogP contribution in [0.4, 0.5) is 4.39 Å². The minimum absolute atomic E-state index is 0.304. The molecule has 0 amide bonds. The number of benzene rings is 1. The van der Waals surface area contributed by atoms with Crippen molar-refractivity contribution in [2.75, 3.05) is 7.11 Å². The van der Waals surface area contributed by atoms with Crippen molar-refractivity contribution in [3.8, 4) is 5.75 Å². The Morgan fingerprint density at radius 3 is 2.71 bits per heavy atom. The van der Waals surface area contributed by atoms with Gasteiger partial charge in [0.2, 0.25) is 0 Å². The van der Waals surface area contributed by atoms with Gasteiger partial charge in [-0.15, -0.1) is 0 Å². The van der Waals surface area contributed by atoms with Gasteiger partial charge in [-0.3, -0.25) is 0 Å². The van der Waals surface area contributed by atoms with E-state index >= 15 is 0 Å². The topological polar surface area (TPSA) is 33.1 Å². The zero-order valence-electron chi connectivity index (χ0n) is 8.17. The monoisotopic (exact) mass is 193 g/mol. The van der Waals surface area contributed by atoms with Crippen LogP contribution >= 0.6 is 0 Å². The van der Waals surface area contributed by atoms with Crippen molar-refractivity contribution in [2.24, 2.45) is 0 Å². The predicted octanol–water partition coefficient (Wildman–Crippen LogP) is 2.81. The van der Waals surface area contributed by atoms with E-state index in [1.54, 1.807) is 26.2 Å². The molecule has 0 heterocycles. The third-order valence-electron chi connectivity index (χ3n) is 1.99. The Morgan fingerprint density at radius 2 is 2.14 bits per heavy atom. The molecule has 0 saturated heterocycles. The molecule has 0 aliphatic carbocycles. The third-order valence-corrected chi connectivity index (χ3v) is 1.99. The molecule has 14 heavy (non-hydrogen) atoms. The Kier molecular flexibility index (Phi) is 3.40. The van der Waals surface area contributed by atoms with Crippen molar-refractivity contribution in [2.45, 2.75) is 6.92 Å². The Labute approximate surface area is 82.5 Å². The lowest BCUT2D eigenvalue weighted by Crippen LogP contribution is -1.93. The molecule has 0 aliphatic heterocycles. The van der Waals surface area contributed by atoms with Gasteiger partial charge in [0.25, 0.3) is 0 Å². The maximum atomic E-state index is 13.3. The Bertz CT molecular complexity index is 372. The molecule has 1 aromatic rings. The summed E-state index contributed by atoms with van der Waals surface area (Å²) in [5, 5.41) is 6.83. The van der Waals surface area contributed by atoms with Gasteiger partial charge in [0.1, 0.15) is 11.6 Å². The number of nitrogens with one attached hydrogen (secondary N) is 1. The molecule has 1 N–H and O–H groups in total. The number of allylic oxidation sites excluding steroid dienone is 1. The van der Waals surface area contributed by atoms with Gasteiger partial charge in [-0.2, -0.15) is 0 Å². The number of hydrogen-bond donors (Lipinski definition) is 1. The van der Waals surface area contributed by atoms with Crippen molar-refractivity contribution >= 4 is 12.3 Å². The summed E-state index contributed by atoms with van der Waals surface area (Å²) in [7, 11) is 1.55. The normalized spacial score (nSPS) is 10.5. The summed E-state index contributed by atoms with van der Waals surface area (Å²) in [4.78, 5) is 0. The summed E-state index contributed by atoms with van der Waals surface area (Å²) in [6, 6.07) is 2.95. The molecule has 0 atom stereocenters. The van der Waals surface area contributed by atoms with Crippen molar-refractivity contribution in [3.63, 3.8) is 0 Å². The smallest absolute Gasteiger partial charge is 0.130 e. The molecule has 74 valence electrons. The van der Waals surface area contributed by atoms with Gasteiger partial charge in [-0.1, -0.05) is 6.08 Å². The van der Waals surface area contributed by atoms with E-state index < -0.39 is 0 Å². The lowest BCUT2D eigenvalue weighted by molar-refractivity contribution is 0.410. The van der Waals surface area contributed by atoms with Crippen LogP contribution in [0.15, 0.2) is 18.2 Å². The van der Waals surface area contributed by atoms with Crippen LogP contribution in [0.1, 0.15) is 11.1 Å². The molecular weight excluding hydrogens is 181 g/mol. The van der Waals surface area contributed by atoms with Crippen molar-refractivity contribution in [1.82, 2.24) is 0 Å². The molecule has 0 radical (unpaired) electrons. The maximum absolute atomic E-state index is 13.3. The van der Waals surface area contributed by atoms with Crippen LogP contribution in [-0.4, -0.2) is 13.3 Å². The number of methoxy groups -OCH3 is 1. The molecule has 0 aliphatic rings. The minimum atomic E-state index is -0.304. The second-order valence-electron chi connectivity index (χ2n) is 2.81. The van der Waals surface area contributed by atoms with E-state index in [0.717, 1.165) is 11.8 Å². The summed E-state index contributed by atoms with van der Waals surface area (Å²) >= 11 is 0. The van der Waals surface area contributed by atoms with Crippen LogP contribution < -0.4 is 4.74 Å². The largest absolute Gasteiger partial charge is 0.496 e. The summed E-state index contributed by atoms with van der Waals surface area (Å²) in [6.07, 6.45) is 4.14. The van der Waals surface area contributed by atoms with Crippen LogP contribution in [0.3, 0.4) is 0 Å². The van der Waals surface area contributed by atoms with Gasteiger partial charge in [0, 0.05) is 17.3 Å². The zero-order chi connectivity index (χ0) is 10.6. The van der Waals surface area contributed by atoms with Crippen molar-refractivity contribution in [1.29, 1.82) is 5.41 Å². The standard InChI is InChI=1S/C11H12FNO/c1-8-9(4-3-7-13)10(12)5-6-11(8)14-2/h3-7,13H,1-2H3/b4-3-,13-7?. The lowest BCUT2D eigenvalue weighted by Gasteiger charge is -2.07. The molecule has 0 unspecified atom stereocenters. The molecule has 0 aromatic heterocycles. The van der Waals surface area contributed by atoms with Crippen molar-refractivity contribution in [3.05, 3.63) is 35.2 Å². The van der Waals surface area contributed by atoms with Crippen LogP contribution in [0.2, 0.25) is 0 Å². The first-order valence-corrected chi connectivity index (χ1v) is 4.21. The molecule has 0 bridgehead atoms. The number of hydrogen-bond acceptors (Lipinski definition) is 2. The van der Waals surface area contributed by atoms with E-state index in [-0.39, 0.29) is 5.82 Å². The highest BCUT2D eigenvalue weighted by Gasteiger charge is 2.06. The second kappa shape index (κ2) is 4.56. The van der Waals surface area contributed by atoms with E-state index in [1.165, 1.54) is 12.1 Å². The predicted molar refractivity (Wildman–Crippen MR) is 55.5 cm³/mol. The first-order chi connectivity index (χ1) is 6.70. The van der Waals surface area contributed by atoms with Gasteiger partial charge < -0.3 is 10.1 Å². The fourth-order valence-electron chi connectivity index (χ4n) is 1.25. The number of rotatable bonds is 3. The molecule has 2 nitrogen and oxygen atoms in total. The van der Waals surface area contributed by atoms with E-state index in [4.69, 9.17) is 10.1 Å². The van der Waals surface area contributed by atoms with E-state index in [1.807, 2.05) is 0 Å². The van der Waals surface area contributed by atoms with Gasteiger partial charge >= 0.3 is 0 Å². The molecule has 0 fully saturated rings. The molecule has 0 saturated carbocycles. The average molecular weight is 193 g/mol. The quantitative estimate of drug-likeness (QED) is 0.735. The Hall–Kier alpha value is -1.64. The molecule has 3 heteroatoms.